The van der Waals surface area contributed by atoms with Crippen LogP contribution in [0.4, 0.5) is 0 Å². The number of ketones is 1. The number of rotatable bonds is 4. The fourth-order valence-corrected chi connectivity index (χ4v) is 2.23. The van der Waals surface area contributed by atoms with Gasteiger partial charge in [0.1, 0.15) is 0 Å². The summed E-state index contributed by atoms with van der Waals surface area (Å²) in [5.41, 5.74) is 1.87. The van der Waals surface area contributed by atoms with E-state index in [-0.39, 0.29) is 5.78 Å². The quantitative estimate of drug-likeness (QED) is 0.560. The smallest absolute Gasteiger partial charge is 0.163 e. The number of carbonyl (C=O) groups excluding carboxylic acids is 1. The van der Waals surface area contributed by atoms with Gasteiger partial charge >= 0.3 is 0 Å². The fraction of sp³-hybridized carbons (Fsp3) is 0.133. The zero-order chi connectivity index (χ0) is 13.0. The summed E-state index contributed by atoms with van der Waals surface area (Å²) >= 11 is 8.17. The minimum Gasteiger partial charge on any atom is -0.294 e. The second-order valence-corrected chi connectivity index (χ2v) is 5.61. The fourth-order valence-electron chi connectivity index (χ4n) is 1.72. The molecule has 0 saturated carbocycles. The van der Waals surface area contributed by atoms with Crippen molar-refractivity contribution in [3.63, 3.8) is 0 Å². The monoisotopic (exact) mass is 370 g/mol. The van der Waals surface area contributed by atoms with Crippen LogP contribution in [0.1, 0.15) is 22.3 Å². The molecule has 0 unspecified atom stereocenters. The Hall–Kier alpha value is -0.870. The Morgan fingerprint density at radius 2 is 1.83 bits per heavy atom. The predicted molar refractivity (Wildman–Crippen MR) is 83.3 cm³/mol. The second kappa shape index (κ2) is 6.34. The topological polar surface area (TPSA) is 17.1 Å². The Labute approximate surface area is 125 Å². The van der Waals surface area contributed by atoms with Crippen LogP contribution in [0.25, 0.3) is 0 Å². The molecule has 18 heavy (non-hydrogen) atoms. The number of aryl methyl sites for hydroxylation is 1. The van der Waals surface area contributed by atoms with Crippen LogP contribution in [0.15, 0.2) is 48.5 Å². The molecular formula is C15H12ClIO. The maximum absolute atomic E-state index is 12.0. The third-order valence-corrected chi connectivity index (χ3v) is 4.30. The van der Waals surface area contributed by atoms with Crippen LogP contribution in [0.3, 0.4) is 0 Å². The van der Waals surface area contributed by atoms with Gasteiger partial charge < -0.3 is 0 Å². The third-order valence-electron chi connectivity index (χ3n) is 2.73. The van der Waals surface area contributed by atoms with Crippen molar-refractivity contribution in [1.82, 2.24) is 0 Å². The highest BCUT2D eigenvalue weighted by atomic mass is 127. The lowest BCUT2D eigenvalue weighted by atomic mass is 10.0. The molecule has 0 fully saturated rings. The Bertz CT molecular complexity index is 552. The summed E-state index contributed by atoms with van der Waals surface area (Å²) in [6.45, 7) is 0. The van der Waals surface area contributed by atoms with E-state index in [9.17, 15) is 4.79 Å². The summed E-state index contributed by atoms with van der Waals surface area (Å²) in [5, 5.41) is 0.640. The summed E-state index contributed by atoms with van der Waals surface area (Å²) in [6.07, 6.45) is 1.28. The molecule has 2 aromatic rings. The van der Waals surface area contributed by atoms with Gasteiger partial charge in [-0.15, -0.1) is 0 Å². The van der Waals surface area contributed by atoms with Gasteiger partial charge in [-0.05, 0) is 46.7 Å². The molecule has 0 radical (unpaired) electrons. The normalized spacial score (nSPS) is 10.3. The van der Waals surface area contributed by atoms with E-state index in [0.29, 0.717) is 17.0 Å². The molecule has 1 nitrogen and oxygen atoms in total. The van der Waals surface area contributed by atoms with Gasteiger partial charge in [-0.3, -0.25) is 4.79 Å². The SMILES string of the molecule is O=C(CCc1ccccc1)c1ccc(I)c(Cl)c1. The van der Waals surface area contributed by atoms with Crippen molar-refractivity contribution in [2.45, 2.75) is 12.8 Å². The number of carbonyl (C=O) groups is 1. The average molecular weight is 371 g/mol. The van der Waals surface area contributed by atoms with Gasteiger partial charge in [-0.1, -0.05) is 48.0 Å². The Morgan fingerprint density at radius 1 is 1.11 bits per heavy atom. The van der Waals surface area contributed by atoms with E-state index >= 15 is 0 Å². The minimum absolute atomic E-state index is 0.136. The lowest BCUT2D eigenvalue weighted by molar-refractivity contribution is 0.0983. The summed E-state index contributed by atoms with van der Waals surface area (Å²) in [6, 6.07) is 15.5. The maximum atomic E-state index is 12.0. The molecule has 0 bridgehead atoms. The highest BCUT2D eigenvalue weighted by Gasteiger charge is 2.08. The molecule has 3 heteroatoms. The van der Waals surface area contributed by atoms with Crippen LogP contribution < -0.4 is 0 Å². The lowest BCUT2D eigenvalue weighted by Gasteiger charge is -2.03. The standard InChI is InChI=1S/C15H12ClIO/c16-13-10-12(7-8-14(13)17)15(18)9-6-11-4-2-1-3-5-11/h1-5,7-8,10H,6,9H2. The van der Waals surface area contributed by atoms with Crippen LogP contribution in [-0.4, -0.2) is 5.78 Å². The zero-order valence-electron chi connectivity index (χ0n) is 9.70. The molecular weight excluding hydrogens is 359 g/mol. The molecule has 0 aromatic heterocycles. The largest absolute Gasteiger partial charge is 0.294 e. The van der Waals surface area contributed by atoms with Crippen molar-refractivity contribution in [2.75, 3.05) is 0 Å². The minimum atomic E-state index is 0.136. The van der Waals surface area contributed by atoms with Crippen molar-refractivity contribution in [3.8, 4) is 0 Å². The van der Waals surface area contributed by atoms with Gasteiger partial charge in [0.15, 0.2) is 5.78 Å². The van der Waals surface area contributed by atoms with E-state index in [1.807, 2.05) is 42.5 Å². The van der Waals surface area contributed by atoms with Crippen molar-refractivity contribution in [1.29, 1.82) is 0 Å². The predicted octanol–water partition coefficient (Wildman–Crippen LogP) is 4.76. The molecule has 0 heterocycles. The first-order valence-electron chi connectivity index (χ1n) is 5.69. The van der Waals surface area contributed by atoms with Crippen LogP contribution in [0.2, 0.25) is 5.02 Å². The molecule has 0 aliphatic carbocycles. The maximum Gasteiger partial charge on any atom is 0.163 e. The first-order chi connectivity index (χ1) is 8.66. The van der Waals surface area contributed by atoms with Gasteiger partial charge in [0.25, 0.3) is 0 Å². The van der Waals surface area contributed by atoms with E-state index in [2.05, 4.69) is 22.6 Å². The molecule has 0 saturated heterocycles. The highest BCUT2D eigenvalue weighted by molar-refractivity contribution is 14.1. The van der Waals surface area contributed by atoms with Gasteiger partial charge in [0, 0.05) is 15.6 Å². The Kier molecular flexibility index (Phi) is 4.78. The van der Waals surface area contributed by atoms with Gasteiger partial charge in [-0.25, -0.2) is 0 Å². The first-order valence-corrected chi connectivity index (χ1v) is 7.14. The molecule has 0 aliphatic heterocycles. The number of hydrogen-bond acceptors (Lipinski definition) is 1. The second-order valence-electron chi connectivity index (χ2n) is 4.04. The Morgan fingerprint density at radius 3 is 2.50 bits per heavy atom. The number of Topliss-reactive ketones (excluding diaryl/α,β-unsaturated/α-hetero) is 1. The van der Waals surface area contributed by atoms with Crippen LogP contribution in [-0.2, 0) is 6.42 Å². The number of halogens is 2. The van der Waals surface area contributed by atoms with Gasteiger partial charge in [0.05, 0.1) is 5.02 Å². The lowest BCUT2D eigenvalue weighted by Crippen LogP contribution is -2.01. The van der Waals surface area contributed by atoms with Crippen LogP contribution in [0.5, 0.6) is 0 Å². The van der Waals surface area contributed by atoms with Gasteiger partial charge in [0.2, 0.25) is 0 Å². The summed E-state index contributed by atoms with van der Waals surface area (Å²) < 4.78 is 0.967. The molecule has 0 N–H and O–H groups in total. The van der Waals surface area contributed by atoms with Crippen molar-refractivity contribution >= 4 is 40.0 Å². The van der Waals surface area contributed by atoms with Crippen LogP contribution >= 0.6 is 34.2 Å². The van der Waals surface area contributed by atoms with E-state index in [1.54, 1.807) is 6.07 Å². The Balaban J connectivity index is 2.02. The van der Waals surface area contributed by atoms with E-state index in [0.717, 1.165) is 9.99 Å². The van der Waals surface area contributed by atoms with E-state index in [4.69, 9.17) is 11.6 Å². The van der Waals surface area contributed by atoms with Crippen molar-refractivity contribution < 1.29 is 4.79 Å². The molecule has 0 spiro atoms. The summed E-state index contributed by atoms with van der Waals surface area (Å²) in [4.78, 5) is 12.0. The highest BCUT2D eigenvalue weighted by Crippen LogP contribution is 2.20. The molecule has 2 rings (SSSR count). The van der Waals surface area contributed by atoms with E-state index < -0.39 is 0 Å². The average Bonchev–Trinajstić information content (AvgIpc) is 2.40. The third kappa shape index (κ3) is 3.56. The van der Waals surface area contributed by atoms with E-state index in [1.165, 1.54) is 5.56 Å². The van der Waals surface area contributed by atoms with Crippen LogP contribution in [0, 0.1) is 3.57 Å². The van der Waals surface area contributed by atoms with Crippen molar-refractivity contribution in [2.24, 2.45) is 0 Å². The molecule has 92 valence electrons. The van der Waals surface area contributed by atoms with Crippen molar-refractivity contribution in [3.05, 3.63) is 68.3 Å². The molecule has 2 aromatic carbocycles. The van der Waals surface area contributed by atoms with Gasteiger partial charge in [-0.2, -0.15) is 0 Å². The summed E-state index contributed by atoms with van der Waals surface area (Å²) in [7, 11) is 0. The molecule has 0 aliphatic rings. The number of hydrogen-bond donors (Lipinski definition) is 0. The zero-order valence-corrected chi connectivity index (χ0v) is 12.6. The summed E-state index contributed by atoms with van der Waals surface area (Å²) in [5.74, 6) is 0.136. The number of benzene rings is 2. The first kappa shape index (κ1) is 13.6. The molecule has 0 atom stereocenters. The molecule has 0 amide bonds.